The van der Waals surface area contributed by atoms with Gasteiger partial charge in [-0.25, -0.2) is 0 Å². The lowest BCUT2D eigenvalue weighted by atomic mass is 10.1. The Morgan fingerprint density at radius 2 is 2.06 bits per heavy atom. The third-order valence-electron chi connectivity index (χ3n) is 2.53. The van der Waals surface area contributed by atoms with E-state index < -0.39 is 0 Å². The molecular weight excluding hydrogens is 220 g/mol. The van der Waals surface area contributed by atoms with Crippen LogP contribution in [-0.2, 0) is 6.54 Å². The zero-order valence-corrected chi connectivity index (χ0v) is 11.1. The van der Waals surface area contributed by atoms with E-state index in [9.17, 15) is 0 Å². The standard InChI is InChI=1S/C13H21ClN2/c1-4-16(8-10(2)3)9-11-7-12(15)5-6-13(11)14/h5-7,10H,4,8-9,15H2,1-3H3. The molecule has 0 heterocycles. The number of hydrogen-bond donors (Lipinski definition) is 1. The van der Waals surface area contributed by atoms with Gasteiger partial charge < -0.3 is 5.73 Å². The van der Waals surface area contributed by atoms with Gasteiger partial charge in [0.1, 0.15) is 0 Å². The van der Waals surface area contributed by atoms with Crippen molar-refractivity contribution in [2.45, 2.75) is 27.3 Å². The van der Waals surface area contributed by atoms with Gasteiger partial charge in [-0.15, -0.1) is 0 Å². The minimum absolute atomic E-state index is 0.666. The molecule has 0 aromatic heterocycles. The fourth-order valence-electron chi connectivity index (χ4n) is 1.78. The summed E-state index contributed by atoms with van der Waals surface area (Å²) in [6.07, 6.45) is 0. The minimum Gasteiger partial charge on any atom is -0.399 e. The van der Waals surface area contributed by atoms with Gasteiger partial charge in [0.15, 0.2) is 0 Å². The third-order valence-corrected chi connectivity index (χ3v) is 2.90. The second-order valence-electron chi connectivity index (χ2n) is 4.57. The van der Waals surface area contributed by atoms with Crippen molar-refractivity contribution in [1.29, 1.82) is 0 Å². The van der Waals surface area contributed by atoms with Crippen LogP contribution in [0.2, 0.25) is 5.02 Å². The molecule has 1 aromatic rings. The van der Waals surface area contributed by atoms with Crippen LogP contribution in [0.4, 0.5) is 5.69 Å². The van der Waals surface area contributed by atoms with Crippen molar-refractivity contribution in [3.05, 3.63) is 28.8 Å². The lowest BCUT2D eigenvalue weighted by Gasteiger charge is -2.23. The summed E-state index contributed by atoms with van der Waals surface area (Å²) in [6.45, 7) is 9.61. The molecule has 0 aliphatic rings. The van der Waals surface area contributed by atoms with Gasteiger partial charge in [-0.2, -0.15) is 0 Å². The monoisotopic (exact) mass is 240 g/mol. The second kappa shape index (κ2) is 6.12. The van der Waals surface area contributed by atoms with Gasteiger partial charge in [0.25, 0.3) is 0 Å². The fraction of sp³-hybridized carbons (Fsp3) is 0.538. The van der Waals surface area contributed by atoms with Crippen molar-refractivity contribution in [3.63, 3.8) is 0 Å². The maximum Gasteiger partial charge on any atom is 0.0452 e. The number of halogens is 1. The van der Waals surface area contributed by atoms with Gasteiger partial charge >= 0.3 is 0 Å². The predicted molar refractivity (Wildman–Crippen MR) is 71.7 cm³/mol. The third kappa shape index (κ3) is 4.03. The normalized spacial score (nSPS) is 11.4. The first-order chi connectivity index (χ1) is 7.52. The van der Waals surface area contributed by atoms with Gasteiger partial charge in [-0.3, -0.25) is 4.90 Å². The molecule has 0 aliphatic heterocycles. The van der Waals surface area contributed by atoms with Gasteiger partial charge in [0, 0.05) is 23.8 Å². The Hall–Kier alpha value is -0.730. The van der Waals surface area contributed by atoms with Crippen LogP contribution in [-0.4, -0.2) is 18.0 Å². The highest BCUT2D eigenvalue weighted by atomic mass is 35.5. The fourth-order valence-corrected chi connectivity index (χ4v) is 1.96. The molecule has 0 saturated heterocycles. The Bertz CT molecular complexity index is 337. The maximum atomic E-state index is 6.15. The summed E-state index contributed by atoms with van der Waals surface area (Å²) in [4.78, 5) is 2.38. The molecule has 0 saturated carbocycles. The highest BCUT2D eigenvalue weighted by Gasteiger charge is 2.08. The molecule has 3 heteroatoms. The highest BCUT2D eigenvalue weighted by Crippen LogP contribution is 2.20. The highest BCUT2D eigenvalue weighted by molar-refractivity contribution is 6.31. The van der Waals surface area contributed by atoms with Crippen LogP contribution in [0, 0.1) is 5.92 Å². The molecule has 2 N–H and O–H groups in total. The molecule has 0 atom stereocenters. The van der Waals surface area contributed by atoms with Crippen LogP contribution in [0.1, 0.15) is 26.3 Å². The molecule has 0 radical (unpaired) electrons. The molecule has 0 unspecified atom stereocenters. The van der Waals surface area contributed by atoms with E-state index in [1.165, 1.54) is 0 Å². The van der Waals surface area contributed by atoms with Crippen LogP contribution in [0.3, 0.4) is 0 Å². The molecule has 90 valence electrons. The van der Waals surface area contributed by atoms with Crippen LogP contribution >= 0.6 is 11.6 Å². The summed E-state index contributed by atoms with van der Waals surface area (Å²) in [5, 5.41) is 0.802. The van der Waals surface area contributed by atoms with Crippen LogP contribution in [0.15, 0.2) is 18.2 Å². The molecule has 0 fully saturated rings. The van der Waals surface area contributed by atoms with Gasteiger partial charge in [0.2, 0.25) is 0 Å². The van der Waals surface area contributed by atoms with Gasteiger partial charge in [-0.1, -0.05) is 32.4 Å². The molecule has 0 aliphatic carbocycles. The van der Waals surface area contributed by atoms with E-state index in [1.807, 2.05) is 18.2 Å². The molecule has 16 heavy (non-hydrogen) atoms. The average molecular weight is 241 g/mol. The summed E-state index contributed by atoms with van der Waals surface area (Å²) in [5.74, 6) is 0.666. The van der Waals surface area contributed by atoms with Crippen molar-refractivity contribution >= 4 is 17.3 Å². The zero-order valence-electron chi connectivity index (χ0n) is 10.3. The number of nitrogens with zero attached hydrogens (tertiary/aromatic N) is 1. The SMILES string of the molecule is CCN(Cc1cc(N)ccc1Cl)CC(C)C. The molecule has 0 amide bonds. The summed E-state index contributed by atoms with van der Waals surface area (Å²) in [6, 6.07) is 5.67. The summed E-state index contributed by atoms with van der Waals surface area (Å²) in [7, 11) is 0. The smallest absolute Gasteiger partial charge is 0.0452 e. The average Bonchev–Trinajstić information content (AvgIpc) is 2.21. The number of hydrogen-bond acceptors (Lipinski definition) is 2. The Kier molecular flexibility index (Phi) is 5.10. The minimum atomic E-state index is 0.666. The Labute approximate surface area is 103 Å². The lowest BCUT2D eigenvalue weighted by molar-refractivity contribution is 0.248. The first-order valence-corrected chi connectivity index (χ1v) is 6.17. The molecule has 0 spiro atoms. The Balaban J connectivity index is 2.73. The first kappa shape index (κ1) is 13.3. The maximum absolute atomic E-state index is 6.15. The Morgan fingerprint density at radius 1 is 1.38 bits per heavy atom. The lowest BCUT2D eigenvalue weighted by Crippen LogP contribution is -2.27. The molecule has 1 aromatic carbocycles. The summed E-state index contributed by atoms with van der Waals surface area (Å²) in [5.41, 5.74) is 7.66. The number of nitrogen functional groups attached to an aromatic ring is 1. The topological polar surface area (TPSA) is 29.3 Å². The van der Waals surface area contributed by atoms with E-state index in [0.29, 0.717) is 5.92 Å². The van der Waals surface area contributed by atoms with Crippen molar-refractivity contribution in [2.24, 2.45) is 5.92 Å². The zero-order chi connectivity index (χ0) is 12.1. The molecular formula is C13H21ClN2. The predicted octanol–water partition coefficient (Wildman–Crippen LogP) is 3.40. The van der Waals surface area contributed by atoms with E-state index in [2.05, 4.69) is 25.7 Å². The van der Waals surface area contributed by atoms with Crippen LogP contribution in [0.5, 0.6) is 0 Å². The first-order valence-electron chi connectivity index (χ1n) is 5.79. The van der Waals surface area contributed by atoms with Crippen molar-refractivity contribution in [1.82, 2.24) is 4.90 Å². The number of benzene rings is 1. The quantitative estimate of drug-likeness (QED) is 0.800. The van der Waals surface area contributed by atoms with Crippen molar-refractivity contribution in [2.75, 3.05) is 18.8 Å². The molecule has 1 rings (SSSR count). The van der Waals surface area contributed by atoms with E-state index in [-0.39, 0.29) is 0 Å². The van der Waals surface area contributed by atoms with E-state index >= 15 is 0 Å². The number of nitrogens with two attached hydrogens (primary N) is 1. The van der Waals surface area contributed by atoms with E-state index in [0.717, 1.165) is 35.9 Å². The second-order valence-corrected chi connectivity index (χ2v) is 4.98. The summed E-state index contributed by atoms with van der Waals surface area (Å²) >= 11 is 6.15. The van der Waals surface area contributed by atoms with E-state index in [4.69, 9.17) is 17.3 Å². The largest absolute Gasteiger partial charge is 0.399 e. The number of rotatable bonds is 5. The Morgan fingerprint density at radius 3 is 2.62 bits per heavy atom. The van der Waals surface area contributed by atoms with Crippen molar-refractivity contribution in [3.8, 4) is 0 Å². The van der Waals surface area contributed by atoms with Crippen LogP contribution < -0.4 is 5.73 Å². The molecule has 2 nitrogen and oxygen atoms in total. The summed E-state index contributed by atoms with van der Waals surface area (Å²) < 4.78 is 0. The van der Waals surface area contributed by atoms with Gasteiger partial charge in [-0.05, 0) is 36.2 Å². The van der Waals surface area contributed by atoms with Crippen LogP contribution in [0.25, 0.3) is 0 Å². The van der Waals surface area contributed by atoms with E-state index in [1.54, 1.807) is 0 Å². The molecule has 0 bridgehead atoms. The van der Waals surface area contributed by atoms with Crippen molar-refractivity contribution < 1.29 is 0 Å². The number of anilines is 1. The van der Waals surface area contributed by atoms with Gasteiger partial charge in [0.05, 0.1) is 0 Å².